The highest BCUT2D eigenvalue weighted by atomic mass is 32.1. The number of nitrogens with zero attached hydrogens (tertiary/aromatic N) is 6. The first-order valence-electron chi connectivity index (χ1n) is 10.3. The smallest absolute Gasteiger partial charge is 0.227 e. The van der Waals surface area contributed by atoms with Crippen LogP contribution in [0, 0.1) is 11.7 Å². The molecule has 1 aromatic carbocycles. The predicted octanol–water partition coefficient (Wildman–Crippen LogP) is 2.79. The Kier molecular flexibility index (Phi) is 5.20. The lowest BCUT2D eigenvalue weighted by Gasteiger charge is -2.39. The van der Waals surface area contributed by atoms with Crippen LogP contribution in [-0.2, 0) is 4.79 Å². The second-order valence-electron chi connectivity index (χ2n) is 7.75. The second-order valence-corrected chi connectivity index (χ2v) is 8.76. The number of halogens is 1. The summed E-state index contributed by atoms with van der Waals surface area (Å²) in [5, 5.41) is 0.874. The van der Waals surface area contributed by atoms with Gasteiger partial charge in [-0.25, -0.2) is 19.3 Å². The van der Waals surface area contributed by atoms with E-state index < -0.39 is 0 Å². The summed E-state index contributed by atoms with van der Waals surface area (Å²) in [5.74, 6) is 0.674. The van der Waals surface area contributed by atoms with Crippen molar-refractivity contribution in [1.29, 1.82) is 0 Å². The highest BCUT2D eigenvalue weighted by Crippen LogP contribution is 2.32. The van der Waals surface area contributed by atoms with Crippen LogP contribution in [0.5, 0.6) is 0 Å². The van der Waals surface area contributed by atoms with Crippen LogP contribution in [0.25, 0.3) is 10.2 Å². The van der Waals surface area contributed by atoms with Gasteiger partial charge in [0.25, 0.3) is 0 Å². The Balaban J connectivity index is 1.23. The Morgan fingerprint density at radius 1 is 1.07 bits per heavy atom. The van der Waals surface area contributed by atoms with E-state index in [1.165, 1.54) is 23.5 Å². The molecule has 156 valence electrons. The molecule has 0 N–H and O–H groups in total. The summed E-state index contributed by atoms with van der Waals surface area (Å²) in [6.45, 7) is 4.42. The Morgan fingerprint density at radius 3 is 2.67 bits per heavy atom. The Hall–Kier alpha value is -2.81. The lowest BCUT2D eigenvalue weighted by atomic mass is 9.96. The van der Waals surface area contributed by atoms with Crippen molar-refractivity contribution in [2.45, 2.75) is 12.8 Å². The number of piperidine rings is 1. The minimum Gasteiger partial charge on any atom is -0.347 e. The lowest BCUT2D eigenvalue weighted by Crippen LogP contribution is -2.53. The van der Waals surface area contributed by atoms with Crippen LogP contribution in [0.2, 0.25) is 0 Å². The van der Waals surface area contributed by atoms with Crippen LogP contribution < -0.4 is 9.80 Å². The monoisotopic (exact) mass is 426 g/mol. The number of piperazine rings is 1. The summed E-state index contributed by atoms with van der Waals surface area (Å²) in [6.07, 6.45) is 5.34. The molecule has 7 nitrogen and oxygen atoms in total. The second kappa shape index (κ2) is 8.14. The van der Waals surface area contributed by atoms with E-state index in [0.29, 0.717) is 19.6 Å². The van der Waals surface area contributed by atoms with Crippen molar-refractivity contribution in [1.82, 2.24) is 19.9 Å². The van der Waals surface area contributed by atoms with Crippen LogP contribution in [0.1, 0.15) is 12.8 Å². The number of anilines is 2. The van der Waals surface area contributed by atoms with Crippen molar-refractivity contribution in [2.24, 2.45) is 5.92 Å². The number of carbonyl (C=O) groups is 1. The van der Waals surface area contributed by atoms with Crippen molar-refractivity contribution < 1.29 is 9.18 Å². The molecule has 2 aromatic heterocycles. The van der Waals surface area contributed by atoms with E-state index in [-0.39, 0.29) is 17.6 Å². The fourth-order valence-corrected chi connectivity index (χ4v) is 5.24. The van der Waals surface area contributed by atoms with E-state index in [9.17, 15) is 9.18 Å². The maximum absolute atomic E-state index is 13.5. The van der Waals surface area contributed by atoms with Gasteiger partial charge in [0, 0.05) is 51.7 Å². The molecule has 5 rings (SSSR count). The molecule has 0 radical (unpaired) electrons. The summed E-state index contributed by atoms with van der Waals surface area (Å²) in [5.41, 5.74) is 0.809. The van der Waals surface area contributed by atoms with Crippen molar-refractivity contribution in [3.05, 3.63) is 42.5 Å². The number of benzene rings is 1. The molecular weight excluding hydrogens is 403 g/mol. The summed E-state index contributed by atoms with van der Waals surface area (Å²) in [6, 6.07) is 6.49. The molecule has 30 heavy (non-hydrogen) atoms. The third kappa shape index (κ3) is 3.81. The molecule has 2 aliphatic rings. The zero-order valence-electron chi connectivity index (χ0n) is 16.6. The van der Waals surface area contributed by atoms with E-state index in [2.05, 4.69) is 24.8 Å². The molecule has 2 saturated heterocycles. The molecule has 4 heterocycles. The minimum atomic E-state index is -0.246. The van der Waals surface area contributed by atoms with E-state index in [4.69, 9.17) is 0 Å². The molecule has 0 spiro atoms. The number of carbonyl (C=O) groups excluding carboxylic acids is 1. The molecule has 1 amide bonds. The van der Waals surface area contributed by atoms with Gasteiger partial charge in [0.05, 0.1) is 16.1 Å². The van der Waals surface area contributed by atoms with Gasteiger partial charge in [-0.05, 0) is 37.1 Å². The third-order valence-corrected chi connectivity index (χ3v) is 6.89. The van der Waals surface area contributed by atoms with Crippen molar-refractivity contribution in [2.75, 3.05) is 49.1 Å². The SMILES string of the molecule is O=C(C1CCCN(c2nc3ccc(F)cc3s2)C1)N1CCN(c2ncccn2)CC1. The molecule has 9 heteroatoms. The first-order valence-corrected chi connectivity index (χ1v) is 11.1. The normalized spacial score (nSPS) is 20.0. The molecule has 2 aliphatic heterocycles. The third-order valence-electron chi connectivity index (χ3n) is 5.81. The maximum Gasteiger partial charge on any atom is 0.227 e. The number of fused-ring (bicyclic) bond motifs is 1. The van der Waals surface area contributed by atoms with Crippen LogP contribution in [0.15, 0.2) is 36.7 Å². The van der Waals surface area contributed by atoms with Gasteiger partial charge in [-0.3, -0.25) is 4.79 Å². The number of hydrogen-bond donors (Lipinski definition) is 0. The van der Waals surface area contributed by atoms with Gasteiger partial charge < -0.3 is 14.7 Å². The lowest BCUT2D eigenvalue weighted by molar-refractivity contribution is -0.136. The van der Waals surface area contributed by atoms with E-state index >= 15 is 0 Å². The largest absolute Gasteiger partial charge is 0.347 e. The number of rotatable bonds is 3. The fourth-order valence-electron chi connectivity index (χ4n) is 4.21. The molecule has 0 aliphatic carbocycles. The topological polar surface area (TPSA) is 65.5 Å². The van der Waals surface area contributed by atoms with Gasteiger partial charge in [0.2, 0.25) is 11.9 Å². The van der Waals surface area contributed by atoms with Crippen LogP contribution in [-0.4, -0.2) is 65.0 Å². The Morgan fingerprint density at radius 2 is 1.87 bits per heavy atom. The number of aromatic nitrogens is 3. The standard InChI is InChI=1S/C21H23FN6OS/c22-16-4-5-17-18(13-16)30-21(25-17)28-8-1-3-15(14-28)19(29)26-9-11-27(12-10-26)20-23-6-2-7-24-20/h2,4-7,13,15H,1,3,8-12,14H2. The number of hydrogen-bond acceptors (Lipinski definition) is 7. The minimum absolute atomic E-state index is 0.0259. The molecule has 2 fully saturated rings. The molecule has 0 bridgehead atoms. The molecular formula is C21H23FN6OS. The van der Waals surface area contributed by atoms with Crippen molar-refractivity contribution >= 4 is 38.5 Å². The van der Waals surface area contributed by atoms with Gasteiger partial charge in [-0.2, -0.15) is 0 Å². The van der Waals surface area contributed by atoms with E-state index in [0.717, 1.165) is 53.8 Å². The molecule has 1 atom stereocenters. The number of amides is 1. The highest BCUT2D eigenvalue weighted by molar-refractivity contribution is 7.22. The maximum atomic E-state index is 13.5. The predicted molar refractivity (Wildman–Crippen MR) is 115 cm³/mol. The average molecular weight is 427 g/mol. The summed E-state index contributed by atoms with van der Waals surface area (Å²) in [7, 11) is 0. The summed E-state index contributed by atoms with van der Waals surface area (Å²) >= 11 is 1.49. The molecule has 1 unspecified atom stereocenters. The van der Waals surface area contributed by atoms with Gasteiger partial charge >= 0.3 is 0 Å². The van der Waals surface area contributed by atoms with Crippen molar-refractivity contribution in [3.8, 4) is 0 Å². The fraction of sp³-hybridized carbons (Fsp3) is 0.429. The molecule has 3 aromatic rings. The summed E-state index contributed by atoms with van der Waals surface area (Å²) in [4.78, 5) is 32.7. The van der Waals surface area contributed by atoms with Crippen LogP contribution >= 0.6 is 11.3 Å². The van der Waals surface area contributed by atoms with E-state index in [1.807, 2.05) is 4.90 Å². The van der Waals surface area contributed by atoms with Crippen LogP contribution in [0.3, 0.4) is 0 Å². The summed E-state index contributed by atoms with van der Waals surface area (Å²) < 4.78 is 14.3. The Labute approximate surface area is 178 Å². The average Bonchev–Trinajstić information content (AvgIpc) is 3.23. The van der Waals surface area contributed by atoms with E-state index in [1.54, 1.807) is 24.5 Å². The van der Waals surface area contributed by atoms with Crippen LogP contribution in [0.4, 0.5) is 15.5 Å². The van der Waals surface area contributed by atoms with Gasteiger partial charge in [-0.15, -0.1) is 0 Å². The Bertz CT molecular complexity index is 1040. The first kappa shape index (κ1) is 19.2. The van der Waals surface area contributed by atoms with Gasteiger partial charge in [-0.1, -0.05) is 11.3 Å². The zero-order chi connectivity index (χ0) is 20.5. The quantitative estimate of drug-likeness (QED) is 0.642. The van der Waals surface area contributed by atoms with Crippen molar-refractivity contribution in [3.63, 3.8) is 0 Å². The first-order chi connectivity index (χ1) is 14.7. The number of thiazole rings is 1. The highest BCUT2D eigenvalue weighted by Gasteiger charge is 2.32. The van der Waals surface area contributed by atoms with Gasteiger partial charge in [0.15, 0.2) is 5.13 Å². The molecule has 0 saturated carbocycles. The zero-order valence-corrected chi connectivity index (χ0v) is 17.4. The van der Waals surface area contributed by atoms with Gasteiger partial charge in [0.1, 0.15) is 5.82 Å².